The second-order valence-electron chi connectivity index (χ2n) is 6.90. The molecule has 1 N–H and O–H groups in total. The molecule has 0 bridgehead atoms. The first kappa shape index (κ1) is 12.9. The summed E-state index contributed by atoms with van der Waals surface area (Å²) < 4.78 is 0. The molecular formula is C16H30N2. The maximum atomic E-state index is 3.58. The highest BCUT2D eigenvalue weighted by Crippen LogP contribution is 2.32. The van der Waals surface area contributed by atoms with Crippen molar-refractivity contribution >= 4 is 0 Å². The molecule has 2 nitrogen and oxygen atoms in total. The van der Waals surface area contributed by atoms with Gasteiger partial charge in [-0.15, -0.1) is 0 Å². The van der Waals surface area contributed by atoms with Crippen LogP contribution in [0.3, 0.4) is 0 Å². The Kier molecular flexibility index (Phi) is 4.58. The van der Waals surface area contributed by atoms with E-state index in [1.807, 2.05) is 0 Å². The lowest BCUT2D eigenvalue weighted by atomic mass is 9.88. The standard InChI is InChI=1S/C16H30N2/c1-2-5-14(6-3-1)12-18(16-8-9-16)13-15-7-4-10-17-11-15/h14-17H,1-13H2. The summed E-state index contributed by atoms with van der Waals surface area (Å²) in [4.78, 5) is 2.87. The number of hydrogen-bond acceptors (Lipinski definition) is 2. The van der Waals surface area contributed by atoms with E-state index in [9.17, 15) is 0 Å². The predicted octanol–water partition coefficient (Wildman–Crippen LogP) is 3.03. The van der Waals surface area contributed by atoms with E-state index in [1.54, 1.807) is 0 Å². The first-order chi connectivity index (χ1) is 8.92. The van der Waals surface area contributed by atoms with E-state index in [1.165, 1.54) is 84.0 Å². The molecule has 0 aromatic rings. The molecule has 0 aromatic heterocycles. The van der Waals surface area contributed by atoms with Crippen LogP contribution in [0.5, 0.6) is 0 Å². The van der Waals surface area contributed by atoms with E-state index in [0.29, 0.717) is 0 Å². The topological polar surface area (TPSA) is 15.3 Å². The average molecular weight is 250 g/mol. The van der Waals surface area contributed by atoms with Crippen molar-refractivity contribution in [2.75, 3.05) is 26.2 Å². The Bertz CT molecular complexity index is 217. The molecular weight excluding hydrogens is 220 g/mol. The summed E-state index contributed by atoms with van der Waals surface area (Å²) in [5.41, 5.74) is 0. The van der Waals surface area contributed by atoms with Crippen LogP contribution >= 0.6 is 0 Å². The quantitative estimate of drug-likeness (QED) is 0.807. The minimum atomic E-state index is 0.933. The zero-order valence-corrected chi connectivity index (χ0v) is 11.9. The van der Waals surface area contributed by atoms with Gasteiger partial charge in [-0.3, -0.25) is 4.90 Å². The molecule has 1 unspecified atom stereocenters. The fraction of sp³-hybridized carbons (Fsp3) is 1.00. The van der Waals surface area contributed by atoms with Gasteiger partial charge in [-0.1, -0.05) is 19.3 Å². The molecule has 1 atom stereocenters. The third-order valence-electron chi connectivity index (χ3n) is 5.17. The van der Waals surface area contributed by atoms with Crippen molar-refractivity contribution in [3.8, 4) is 0 Å². The van der Waals surface area contributed by atoms with Gasteiger partial charge in [0.25, 0.3) is 0 Å². The maximum absolute atomic E-state index is 3.58. The van der Waals surface area contributed by atoms with Crippen molar-refractivity contribution in [1.82, 2.24) is 10.2 Å². The number of nitrogens with zero attached hydrogens (tertiary/aromatic N) is 1. The predicted molar refractivity (Wildman–Crippen MR) is 76.8 cm³/mol. The smallest absolute Gasteiger partial charge is 0.00966 e. The lowest BCUT2D eigenvalue weighted by molar-refractivity contribution is 0.157. The molecule has 3 fully saturated rings. The van der Waals surface area contributed by atoms with Gasteiger partial charge in [-0.05, 0) is 63.5 Å². The highest BCUT2D eigenvalue weighted by atomic mass is 15.2. The van der Waals surface area contributed by atoms with Crippen LogP contribution in [0.4, 0.5) is 0 Å². The van der Waals surface area contributed by atoms with Crippen LogP contribution in [-0.2, 0) is 0 Å². The van der Waals surface area contributed by atoms with Crippen LogP contribution in [0.15, 0.2) is 0 Å². The van der Waals surface area contributed by atoms with Gasteiger partial charge in [0.15, 0.2) is 0 Å². The van der Waals surface area contributed by atoms with E-state index in [-0.39, 0.29) is 0 Å². The Balaban J connectivity index is 1.47. The van der Waals surface area contributed by atoms with Crippen LogP contribution in [0.2, 0.25) is 0 Å². The lowest BCUT2D eigenvalue weighted by Crippen LogP contribution is -2.41. The largest absolute Gasteiger partial charge is 0.316 e. The number of rotatable bonds is 5. The minimum absolute atomic E-state index is 0.933. The first-order valence-electron chi connectivity index (χ1n) is 8.36. The van der Waals surface area contributed by atoms with Crippen molar-refractivity contribution < 1.29 is 0 Å². The monoisotopic (exact) mass is 250 g/mol. The van der Waals surface area contributed by atoms with E-state index >= 15 is 0 Å². The Morgan fingerprint density at radius 2 is 1.50 bits per heavy atom. The Morgan fingerprint density at radius 1 is 0.778 bits per heavy atom. The summed E-state index contributed by atoms with van der Waals surface area (Å²) in [6.07, 6.45) is 13.3. The van der Waals surface area contributed by atoms with Crippen LogP contribution < -0.4 is 5.32 Å². The lowest BCUT2D eigenvalue weighted by Gasteiger charge is -2.34. The fourth-order valence-corrected chi connectivity index (χ4v) is 3.93. The Labute approximate surface area is 113 Å². The second-order valence-corrected chi connectivity index (χ2v) is 6.90. The van der Waals surface area contributed by atoms with Crippen LogP contribution in [0, 0.1) is 11.8 Å². The highest BCUT2D eigenvalue weighted by molar-refractivity contribution is 4.88. The van der Waals surface area contributed by atoms with Crippen molar-refractivity contribution in [2.24, 2.45) is 11.8 Å². The molecule has 1 saturated heterocycles. The van der Waals surface area contributed by atoms with Gasteiger partial charge < -0.3 is 5.32 Å². The molecule has 3 rings (SSSR count). The van der Waals surface area contributed by atoms with Crippen LogP contribution in [0.1, 0.15) is 57.8 Å². The molecule has 104 valence electrons. The second kappa shape index (κ2) is 6.38. The molecule has 1 heterocycles. The van der Waals surface area contributed by atoms with Crippen molar-refractivity contribution in [3.05, 3.63) is 0 Å². The number of hydrogen-bond donors (Lipinski definition) is 1. The first-order valence-corrected chi connectivity index (χ1v) is 8.36. The van der Waals surface area contributed by atoms with E-state index in [2.05, 4.69) is 10.2 Å². The zero-order valence-electron chi connectivity index (χ0n) is 11.9. The van der Waals surface area contributed by atoms with Gasteiger partial charge in [0.05, 0.1) is 0 Å². The van der Waals surface area contributed by atoms with Gasteiger partial charge in [0.2, 0.25) is 0 Å². The molecule has 18 heavy (non-hydrogen) atoms. The third-order valence-corrected chi connectivity index (χ3v) is 5.17. The molecule has 2 aliphatic carbocycles. The Morgan fingerprint density at radius 3 is 2.17 bits per heavy atom. The van der Waals surface area contributed by atoms with Crippen molar-refractivity contribution in [2.45, 2.75) is 63.8 Å². The van der Waals surface area contributed by atoms with Crippen LogP contribution in [0.25, 0.3) is 0 Å². The average Bonchev–Trinajstić information content (AvgIpc) is 3.25. The fourth-order valence-electron chi connectivity index (χ4n) is 3.93. The van der Waals surface area contributed by atoms with Gasteiger partial charge in [0, 0.05) is 19.1 Å². The van der Waals surface area contributed by atoms with Gasteiger partial charge >= 0.3 is 0 Å². The van der Waals surface area contributed by atoms with Crippen LogP contribution in [-0.4, -0.2) is 37.1 Å². The van der Waals surface area contributed by atoms with Gasteiger partial charge in [-0.25, -0.2) is 0 Å². The maximum Gasteiger partial charge on any atom is 0.00966 e. The van der Waals surface area contributed by atoms with Crippen molar-refractivity contribution in [3.63, 3.8) is 0 Å². The van der Waals surface area contributed by atoms with Gasteiger partial charge in [0.1, 0.15) is 0 Å². The Hall–Kier alpha value is -0.0800. The molecule has 2 heteroatoms. The molecule has 0 radical (unpaired) electrons. The van der Waals surface area contributed by atoms with E-state index in [4.69, 9.17) is 0 Å². The molecule has 2 saturated carbocycles. The van der Waals surface area contributed by atoms with Crippen molar-refractivity contribution in [1.29, 1.82) is 0 Å². The number of piperidine rings is 1. The minimum Gasteiger partial charge on any atom is -0.316 e. The molecule has 3 aliphatic rings. The summed E-state index contributed by atoms with van der Waals surface area (Å²) in [7, 11) is 0. The van der Waals surface area contributed by atoms with E-state index < -0.39 is 0 Å². The third kappa shape index (κ3) is 3.71. The molecule has 0 aromatic carbocycles. The normalized spacial score (nSPS) is 30.8. The summed E-state index contributed by atoms with van der Waals surface area (Å²) >= 11 is 0. The summed E-state index contributed by atoms with van der Waals surface area (Å²) in [5, 5.41) is 3.58. The summed E-state index contributed by atoms with van der Waals surface area (Å²) in [6.45, 7) is 5.33. The molecule has 1 aliphatic heterocycles. The summed E-state index contributed by atoms with van der Waals surface area (Å²) in [6, 6.07) is 0.967. The number of nitrogens with one attached hydrogen (secondary N) is 1. The summed E-state index contributed by atoms with van der Waals surface area (Å²) in [5.74, 6) is 1.96. The van der Waals surface area contributed by atoms with E-state index in [0.717, 1.165) is 17.9 Å². The highest BCUT2D eigenvalue weighted by Gasteiger charge is 2.32. The van der Waals surface area contributed by atoms with Gasteiger partial charge in [-0.2, -0.15) is 0 Å². The molecule has 0 amide bonds. The zero-order chi connectivity index (χ0) is 12.2. The SMILES string of the molecule is C1CCC(CN(CC2CCCNC2)C2CC2)CC1. The molecule has 0 spiro atoms.